The van der Waals surface area contributed by atoms with Crippen LogP contribution in [0.15, 0.2) is 24.8 Å². The average molecular weight is 325 g/mol. The fourth-order valence-electron chi connectivity index (χ4n) is 3.50. The highest BCUT2D eigenvalue weighted by atomic mass is 19.1. The van der Waals surface area contributed by atoms with Gasteiger partial charge < -0.3 is 9.88 Å². The maximum absolute atomic E-state index is 13.5. The summed E-state index contributed by atoms with van der Waals surface area (Å²) < 4.78 is 13.5. The van der Waals surface area contributed by atoms with Gasteiger partial charge in [-0.2, -0.15) is 4.39 Å². The number of hydrogen-bond acceptors (Lipinski definition) is 4. The van der Waals surface area contributed by atoms with Crippen LogP contribution in [0.3, 0.4) is 0 Å². The summed E-state index contributed by atoms with van der Waals surface area (Å²) in [5.74, 6) is 1.17. The molecule has 1 aliphatic heterocycles. The molecule has 3 aromatic rings. The third-order valence-electron chi connectivity index (χ3n) is 4.73. The van der Waals surface area contributed by atoms with Crippen molar-refractivity contribution in [2.75, 3.05) is 18.0 Å². The lowest BCUT2D eigenvalue weighted by atomic mass is 9.99. The van der Waals surface area contributed by atoms with Crippen LogP contribution < -0.4 is 4.90 Å². The highest BCUT2D eigenvalue weighted by Crippen LogP contribution is 2.35. The summed E-state index contributed by atoms with van der Waals surface area (Å²) in [5.41, 5.74) is 3.18. The van der Waals surface area contributed by atoms with Gasteiger partial charge in [-0.05, 0) is 31.7 Å². The van der Waals surface area contributed by atoms with Crippen LogP contribution in [-0.2, 0) is 0 Å². The summed E-state index contributed by atoms with van der Waals surface area (Å²) in [5, 5.41) is 0.986. The Morgan fingerprint density at radius 1 is 1.29 bits per heavy atom. The third-order valence-corrected chi connectivity index (χ3v) is 4.73. The molecule has 1 N–H and O–H groups in total. The minimum atomic E-state index is -0.431. The van der Waals surface area contributed by atoms with Crippen molar-refractivity contribution < 1.29 is 4.39 Å². The summed E-state index contributed by atoms with van der Waals surface area (Å²) >= 11 is 0. The van der Waals surface area contributed by atoms with Gasteiger partial charge in [0.1, 0.15) is 17.8 Å². The van der Waals surface area contributed by atoms with E-state index in [0.29, 0.717) is 11.5 Å². The summed E-state index contributed by atoms with van der Waals surface area (Å²) in [6.07, 6.45) is 7.51. The van der Waals surface area contributed by atoms with Gasteiger partial charge >= 0.3 is 0 Å². The second kappa shape index (κ2) is 5.85. The summed E-state index contributed by atoms with van der Waals surface area (Å²) in [6.45, 7) is 6.00. The average Bonchev–Trinajstić information content (AvgIpc) is 3.01. The molecule has 4 rings (SSSR count). The van der Waals surface area contributed by atoms with Gasteiger partial charge in [0.05, 0.1) is 5.39 Å². The van der Waals surface area contributed by atoms with Crippen LogP contribution in [0.4, 0.5) is 10.2 Å². The fourth-order valence-corrected chi connectivity index (χ4v) is 3.50. The van der Waals surface area contributed by atoms with E-state index in [1.807, 2.05) is 12.3 Å². The van der Waals surface area contributed by atoms with Crippen molar-refractivity contribution in [1.29, 1.82) is 0 Å². The molecule has 0 saturated carbocycles. The van der Waals surface area contributed by atoms with E-state index in [1.165, 1.54) is 12.8 Å². The molecule has 124 valence electrons. The molecule has 0 spiro atoms. The highest BCUT2D eigenvalue weighted by molar-refractivity contribution is 6.01. The molecule has 0 radical (unpaired) electrons. The van der Waals surface area contributed by atoms with Gasteiger partial charge in [-0.3, -0.25) is 0 Å². The van der Waals surface area contributed by atoms with Gasteiger partial charge in [0.25, 0.3) is 0 Å². The largest absolute Gasteiger partial charge is 0.356 e. The number of piperidine rings is 1. The number of halogens is 1. The Hall–Kier alpha value is -2.50. The number of aromatic amines is 1. The normalized spacial score (nSPS) is 18.3. The summed E-state index contributed by atoms with van der Waals surface area (Å²) in [6, 6.07) is 1.82. The van der Waals surface area contributed by atoms with Crippen molar-refractivity contribution in [3.05, 3.63) is 36.3 Å². The number of aromatic nitrogens is 4. The Labute approximate surface area is 140 Å². The molecule has 1 aliphatic rings. The molecular weight excluding hydrogens is 305 g/mol. The highest BCUT2D eigenvalue weighted by Gasteiger charge is 2.22. The lowest BCUT2D eigenvalue weighted by molar-refractivity contribution is 0.445. The zero-order valence-electron chi connectivity index (χ0n) is 13.9. The maximum Gasteiger partial charge on any atom is 0.215 e. The van der Waals surface area contributed by atoms with Crippen LogP contribution in [0, 0.1) is 18.8 Å². The second-order valence-electron chi connectivity index (χ2n) is 6.65. The van der Waals surface area contributed by atoms with Gasteiger partial charge in [-0.25, -0.2) is 15.0 Å². The predicted molar refractivity (Wildman–Crippen MR) is 92.4 cm³/mol. The number of fused-ring (bicyclic) bond motifs is 1. The first-order valence-corrected chi connectivity index (χ1v) is 8.33. The molecule has 5 nitrogen and oxygen atoms in total. The molecule has 0 aromatic carbocycles. The SMILES string of the molecule is Cc1cc(-c2c[nH]c3ncnc(N4CCC[C@H](C)C4)c23)cnc1F. The van der Waals surface area contributed by atoms with Gasteiger partial charge in [0.15, 0.2) is 0 Å². The van der Waals surface area contributed by atoms with Gasteiger partial charge in [0, 0.05) is 42.2 Å². The van der Waals surface area contributed by atoms with Crippen LogP contribution in [0.2, 0.25) is 0 Å². The van der Waals surface area contributed by atoms with Crippen LogP contribution in [0.25, 0.3) is 22.2 Å². The topological polar surface area (TPSA) is 57.7 Å². The molecular formula is C18H20FN5. The van der Waals surface area contributed by atoms with E-state index < -0.39 is 5.95 Å². The van der Waals surface area contributed by atoms with Gasteiger partial charge in [-0.15, -0.1) is 0 Å². The Balaban J connectivity index is 1.86. The zero-order chi connectivity index (χ0) is 16.7. The van der Waals surface area contributed by atoms with E-state index in [4.69, 9.17) is 0 Å². The molecule has 3 aromatic heterocycles. The quantitative estimate of drug-likeness (QED) is 0.730. The van der Waals surface area contributed by atoms with Crippen LogP contribution in [0.1, 0.15) is 25.3 Å². The standard InChI is InChI=1S/C18H20FN5/c1-11-4-3-5-24(9-11)18-15-14(8-21-17(15)22-10-23-18)13-6-12(2)16(19)20-7-13/h6-8,10-11H,3-5,9H2,1-2H3,(H,21,22,23)/t11-/m0/s1. The van der Waals surface area contributed by atoms with E-state index in [1.54, 1.807) is 19.4 Å². The number of nitrogens with zero attached hydrogens (tertiary/aromatic N) is 4. The first-order chi connectivity index (χ1) is 11.6. The van der Waals surface area contributed by atoms with E-state index in [0.717, 1.165) is 41.1 Å². The molecule has 1 fully saturated rings. The monoisotopic (exact) mass is 325 g/mol. The third kappa shape index (κ3) is 2.52. The summed E-state index contributed by atoms with van der Waals surface area (Å²) in [4.78, 5) is 18.3. The Bertz CT molecular complexity index is 888. The van der Waals surface area contributed by atoms with Crippen molar-refractivity contribution in [2.45, 2.75) is 26.7 Å². The number of nitrogens with one attached hydrogen (secondary N) is 1. The first kappa shape index (κ1) is 15.1. The molecule has 0 unspecified atom stereocenters. The Morgan fingerprint density at radius 3 is 2.96 bits per heavy atom. The lowest BCUT2D eigenvalue weighted by Gasteiger charge is -2.32. The van der Waals surface area contributed by atoms with E-state index >= 15 is 0 Å². The summed E-state index contributed by atoms with van der Waals surface area (Å²) in [7, 11) is 0. The van der Waals surface area contributed by atoms with E-state index in [9.17, 15) is 4.39 Å². The van der Waals surface area contributed by atoms with Crippen molar-refractivity contribution in [1.82, 2.24) is 19.9 Å². The smallest absolute Gasteiger partial charge is 0.215 e. The van der Waals surface area contributed by atoms with Crippen molar-refractivity contribution in [3.63, 3.8) is 0 Å². The molecule has 0 aliphatic carbocycles. The number of rotatable bonds is 2. The van der Waals surface area contributed by atoms with E-state index in [2.05, 4.69) is 31.8 Å². The zero-order valence-corrected chi connectivity index (χ0v) is 13.9. The molecule has 4 heterocycles. The van der Waals surface area contributed by atoms with Crippen molar-refractivity contribution >= 4 is 16.9 Å². The molecule has 0 bridgehead atoms. The number of H-pyrrole nitrogens is 1. The Kier molecular flexibility index (Phi) is 3.67. The number of aryl methyl sites for hydroxylation is 1. The molecule has 1 atom stereocenters. The van der Waals surface area contributed by atoms with Crippen LogP contribution >= 0.6 is 0 Å². The predicted octanol–water partition coefficient (Wildman–Crippen LogP) is 3.70. The minimum Gasteiger partial charge on any atom is -0.356 e. The molecule has 0 amide bonds. The molecule has 24 heavy (non-hydrogen) atoms. The van der Waals surface area contributed by atoms with Crippen molar-refractivity contribution in [3.8, 4) is 11.1 Å². The van der Waals surface area contributed by atoms with Crippen molar-refractivity contribution in [2.24, 2.45) is 5.92 Å². The second-order valence-corrected chi connectivity index (χ2v) is 6.65. The van der Waals surface area contributed by atoms with Crippen LogP contribution in [-0.4, -0.2) is 33.0 Å². The first-order valence-electron chi connectivity index (χ1n) is 8.33. The van der Waals surface area contributed by atoms with Gasteiger partial charge in [0.2, 0.25) is 5.95 Å². The Morgan fingerprint density at radius 2 is 2.17 bits per heavy atom. The maximum atomic E-state index is 13.5. The molecule has 1 saturated heterocycles. The number of pyridine rings is 1. The lowest BCUT2D eigenvalue weighted by Crippen LogP contribution is -2.35. The van der Waals surface area contributed by atoms with Gasteiger partial charge in [-0.1, -0.05) is 6.92 Å². The van der Waals surface area contributed by atoms with E-state index in [-0.39, 0.29) is 0 Å². The number of anilines is 1. The molecule has 6 heteroatoms. The minimum absolute atomic E-state index is 0.431. The number of hydrogen-bond donors (Lipinski definition) is 1. The fraction of sp³-hybridized carbons (Fsp3) is 0.389. The van der Waals surface area contributed by atoms with Crippen LogP contribution in [0.5, 0.6) is 0 Å².